The molecule has 0 aromatic heterocycles. The van der Waals surface area contributed by atoms with Crippen LogP contribution in [0.2, 0.25) is 0 Å². The first-order valence-electron chi connectivity index (χ1n) is 6.36. The predicted octanol–water partition coefficient (Wildman–Crippen LogP) is 3.26. The summed E-state index contributed by atoms with van der Waals surface area (Å²) in [6, 6.07) is 7.59. The van der Waals surface area contributed by atoms with Gasteiger partial charge in [0.15, 0.2) is 0 Å². The van der Waals surface area contributed by atoms with E-state index in [1.807, 2.05) is 0 Å². The van der Waals surface area contributed by atoms with Gasteiger partial charge in [-0.05, 0) is 30.3 Å². The van der Waals surface area contributed by atoms with Gasteiger partial charge in [-0.1, -0.05) is 0 Å². The van der Waals surface area contributed by atoms with Crippen LogP contribution < -0.4 is 10.6 Å². The smallest absolute Gasteiger partial charge is 0.255 e. The van der Waals surface area contributed by atoms with E-state index >= 15 is 0 Å². The molecule has 0 aliphatic carbocycles. The average Bonchev–Trinajstić information content (AvgIpc) is 2.50. The number of nitrogens with one attached hydrogen (secondary N) is 2. The van der Waals surface area contributed by atoms with Gasteiger partial charge in [-0.25, -0.2) is 8.78 Å². The van der Waals surface area contributed by atoms with Crippen LogP contribution in [-0.4, -0.2) is 17.6 Å². The molecule has 2 amide bonds. The lowest BCUT2D eigenvalue weighted by atomic mass is 10.1. The molecule has 0 fully saturated rings. The normalized spacial score (nSPS) is 13.3. The molecule has 0 spiro atoms. The Bertz CT molecular complexity index is 780. The predicted molar refractivity (Wildman–Crippen MR) is 80.1 cm³/mol. The molecule has 1 aliphatic rings. The van der Waals surface area contributed by atoms with Crippen LogP contribution in [0.5, 0.6) is 0 Å². The number of hydrogen-bond acceptors (Lipinski definition) is 3. The van der Waals surface area contributed by atoms with E-state index in [0.29, 0.717) is 11.4 Å². The number of rotatable bonds is 2. The van der Waals surface area contributed by atoms with E-state index in [1.165, 1.54) is 17.8 Å². The molecule has 0 atom stereocenters. The van der Waals surface area contributed by atoms with Crippen LogP contribution in [0.25, 0.3) is 0 Å². The van der Waals surface area contributed by atoms with Gasteiger partial charge in [-0.15, -0.1) is 11.8 Å². The Morgan fingerprint density at radius 1 is 1.18 bits per heavy atom. The fraction of sp³-hybridized carbons (Fsp3) is 0.0667. The van der Waals surface area contributed by atoms with Gasteiger partial charge >= 0.3 is 0 Å². The van der Waals surface area contributed by atoms with Crippen molar-refractivity contribution < 1.29 is 18.4 Å². The SMILES string of the molecule is O=C1CSc2ccc(C(=O)Nc3cc(F)ccc3F)cc2N1. The standard InChI is InChI=1S/C15H10F2N2O2S/c16-9-2-3-10(17)11(6-9)19-15(21)8-1-4-13-12(5-8)18-14(20)7-22-13/h1-6H,7H2,(H,18,20)(H,19,21). The van der Waals surface area contributed by atoms with Crippen LogP contribution in [0.3, 0.4) is 0 Å². The summed E-state index contributed by atoms with van der Waals surface area (Å²) in [7, 11) is 0. The minimum Gasteiger partial charge on any atom is -0.324 e. The summed E-state index contributed by atoms with van der Waals surface area (Å²) in [5.41, 5.74) is 0.542. The summed E-state index contributed by atoms with van der Waals surface area (Å²) in [4.78, 5) is 24.3. The molecule has 0 saturated heterocycles. The molecule has 4 nitrogen and oxygen atoms in total. The summed E-state index contributed by atoms with van der Waals surface area (Å²) in [6.07, 6.45) is 0. The second-order valence-electron chi connectivity index (χ2n) is 4.63. The molecule has 0 bridgehead atoms. The third-order valence-corrected chi connectivity index (χ3v) is 4.12. The molecular weight excluding hydrogens is 310 g/mol. The minimum atomic E-state index is -0.725. The highest BCUT2D eigenvalue weighted by Crippen LogP contribution is 2.32. The third-order valence-electron chi connectivity index (χ3n) is 3.05. The number of hydrogen-bond donors (Lipinski definition) is 2. The molecule has 2 aromatic rings. The summed E-state index contributed by atoms with van der Waals surface area (Å²) in [5, 5.41) is 4.98. The molecular formula is C15H10F2N2O2S. The minimum absolute atomic E-state index is 0.147. The van der Waals surface area contributed by atoms with Crippen molar-refractivity contribution in [1.82, 2.24) is 0 Å². The molecule has 1 heterocycles. The lowest BCUT2D eigenvalue weighted by Crippen LogP contribution is -2.20. The Hall–Kier alpha value is -2.41. The molecule has 1 aliphatic heterocycles. The molecule has 7 heteroatoms. The lowest BCUT2D eigenvalue weighted by Gasteiger charge is -2.17. The third kappa shape index (κ3) is 2.94. The monoisotopic (exact) mass is 320 g/mol. The van der Waals surface area contributed by atoms with Gasteiger partial charge in [0, 0.05) is 16.5 Å². The summed E-state index contributed by atoms with van der Waals surface area (Å²) in [6.45, 7) is 0. The van der Waals surface area contributed by atoms with E-state index in [-0.39, 0.29) is 17.2 Å². The number of carbonyl (C=O) groups is 2. The van der Waals surface area contributed by atoms with E-state index in [2.05, 4.69) is 10.6 Å². The van der Waals surface area contributed by atoms with Gasteiger partial charge in [0.25, 0.3) is 5.91 Å². The van der Waals surface area contributed by atoms with Crippen molar-refractivity contribution in [3.05, 3.63) is 53.6 Å². The largest absolute Gasteiger partial charge is 0.324 e. The van der Waals surface area contributed by atoms with Crippen molar-refractivity contribution in [2.45, 2.75) is 4.90 Å². The first-order valence-corrected chi connectivity index (χ1v) is 7.34. The van der Waals surface area contributed by atoms with Crippen LogP contribution >= 0.6 is 11.8 Å². The quantitative estimate of drug-likeness (QED) is 0.893. The molecule has 0 radical (unpaired) electrons. The average molecular weight is 320 g/mol. The molecule has 0 unspecified atom stereocenters. The number of benzene rings is 2. The number of thioether (sulfide) groups is 1. The zero-order chi connectivity index (χ0) is 15.7. The van der Waals surface area contributed by atoms with Crippen LogP contribution in [0.1, 0.15) is 10.4 Å². The van der Waals surface area contributed by atoms with Crippen molar-refractivity contribution in [2.75, 3.05) is 16.4 Å². The molecule has 3 rings (SSSR count). The van der Waals surface area contributed by atoms with E-state index in [1.54, 1.807) is 12.1 Å². The maximum absolute atomic E-state index is 13.5. The van der Waals surface area contributed by atoms with Gasteiger partial charge in [-0.2, -0.15) is 0 Å². The Kier molecular flexibility index (Phi) is 3.81. The van der Waals surface area contributed by atoms with E-state index in [9.17, 15) is 18.4 Å². The maximum Gasteiger partial charge on any atom is 0.255 e. The fourth-order valence-corrected chi connectivity index (χ4v) is 2.80. The highest BCUT2D eigenvalue weighted by Gasteiger charge is 2.18. The Morgan fingerprint density at radius 3 is 2.82 bits per heavy atom. The van der Waals surface area contributed by atoms with Crippen molar-refractivity contribution in [2.24, 2.45) is 0 Å². The van der Waals surface area contributed by atoms with Gasteiger partial charge in [0.05, 0.1) is 17.1 Å². The van der Waals surface area contributed by atoms with Crippen molar-refractivity contribution in [3.63, 3.8) is 0 Å². The van der Waals surface area contributed by atoms with Gasteiger partial charge < -0.3 is 10.6 Å². The van der Waals surface area contributed by atoms with Crippen LogP contribution in [-0.2, 0) is 4.79 Å². The zero-order valence-electron chi connectivity index (χ0n) is 11.2. The fourth-order valence-electron chi connectivity index (χ4n) is 2.01. The summed E-state index contributed by atoms with van der Waals surface area (Å²) >= 11 is 1.37. The second kappa shape index (κ2) is 5.76. The molecule has 2 N–H and O–H groups in total. The van der Waals surface area contributed by atoms with E-state index in [4.69, 9.17) is 0 Å². The van der Waals surface area contributed by atoms with Crippen LogP contribution in [0, 0.1) is 11.6 Å². The highest BCUT2D eigenvalue weighted by atomic mass is 32.2. The summed E-state index contributed by atoms with van der Waals surface area (Å²) < 4.78 is 26.6. The summed E-state index contributed by atoms with van der Waals surface area (Å²) in [5.74, 6) is -1.78. The van der Waals surface area contributed by atoms with Gasteiger partial charge in [0.1, 0.15) is 11.6 Å². The number of anilines is 2. The lowest BCUT2D eigenvalue weighted by molar-refractivity contribution is -0.113. The van der Waals surface area contributed by atoms with Gasteiger partial charge in [0.2, 0.25) is 5.91 Å². The number of halogens is 2. The molecule has 112 valence electrons. The number of carbonyl (C=O) groups excluding carboxylic acids is 2. The maximum atomic E-state index is 13.5. The Morgan fingerprint density at radius 2 is 2.00 bits per heavy atom. The van der Waals surface area contributed by atoms with Gasteiger partial charge in [-0.3, -0.25) is 9.59 Å². The first-order chi connectivity index (χ1) is 10.5. The van der Waals surface area contributed by atoms with Crippen molar-refractivity contribution >= 4 is 35.0 Å². The Labute approximate surface area is 128 Å². The Balaban J connectivity index is 1.85. The van der Waals surface area contributed by atoms with E-state index < -0.39 is 17.5 Å². The topological polar surface area (TPSA) is 58.2 Å². The van der Waals surface area contributed by atoms with Crippen molar-refractivity contribution in [1.29, 1.82) is 0 Å². The van der Waals surface area contributed by atoms with Crippen LogP contribution in [0.4, 0.5) is 20.2 Å². The second-order valence-corrected chi connectivity index (χ2v) is 5.64. The molecule has 22 heavy (non-hydrogen) atoms. The highest BCUT2D eigenvalue weighted by molar-refractivity contribution is 8.00. The van der Waals surface area contributed by atoms with Crippen LogP contribution in [0.15, 0.2) is 41.3 Å². The zero-order valence-corrected chi connectivity index (χ0v) is 12.0. The molecule has 2 aromatic carbocycles. The van der Waals surface area contributed by atoms with Crippen molar-refractivity contribution in [3.8, 4) is 0 Å². The number of fused-ring (bicyclic) bond motifs is 1. The van der Waals surface area contributed by atoms with E-state index in [0.717, 1.165) is 23.1 Å². The number of amides is 2. The molecule has 0 saturated carbocycles. The first kappa shape index (κ1) is 14.5.